The summed E-state index contributed by atoms with van der Waals surface area (Å²) < 4.78 is 38.4. The number of nitrogens with one attached hydrogen (secondary N) is 2. The van der Waals surface area contributed by atoms with E-state index >= 15 is 0 Å². The number of nitrogens with two attached hydrogens (primary N) is 1. The fourth-order valence-electron chi connectivity index (χ4n) is 1.82. The number of amides is 1. The Balaban J connectivity index is 1.90. The van der Waals surface area contributed by atoms with Crippen molar-refractivity contribution >= 4 is 17.3 Å². The van der Waals surface area contributed by atoms with Crippen molar-refractivity contribution in [1.82, 2.24) is 5.32 Å². The smallest absolute Gasteiger partial charge is 0.399 e. The van der Waals surface area contributed by atoms with Crippen molar-refractivity contribution in [3.05, 3.63) is 23.8 Å². The van der Waals surface area contributed by atoms with Gasteiger partial charge in [-0.15, -0.1) is 0 Å². The highest BCUT2D eigenvalue weighted by Crippen LogP contribution is 2.35. The number of benzene rings is 1. The van der Waals surface area contributed by atoms with Crippen LogP contribution in [0.15, 0.2) is 18.2 Å². The molecule has 0 unspecified atom stereocenters. The van der Waals surface area contributed by atoms with Gasteiger partial charge < -0.3 is 16.4 Å². The minimum Gasteiger partial charge on any atom is -0.399 e. The molecule has 1 saturated carbocycles. The molecule has 0 spiro atoms. The van der Waals surface area contributed by atoms with Crippen molar-refractivity contribution in [2.75, 3.05) is 24.1 Å². The lowest BCUT2D eigenvalue weighted by molar-refractivity contribution is -0.137. The molecule has 1 aliphatic carbocycles. The summed E-state index contributed by atoms with van der Waals surface area (Å²) in [6.45, 7) is 0.516. The van der Waals surface area contributed by atoms with Gasteiger partial charge in [0.1, 0.15) is 0 Å². The highest BCUT2D eigenvalue weighted by atomic mass is 19.4. The second-order valence-electron chi connectivity index (χ2n) is 4.79. The molecule has 1 amide bonds. The van der Waals surface area contributed by atoms with Crippen LogP contribution >= 0.6 is 0 Å². The Morgan fingerprint density at radius 1 is 1.30 bits per heavy atom. The molecule has 1 aromatic rings. The van der Waals surface area contributed by atoms with Crippen molar-refractivity contribution in [1.29, 1.82) is 0 Å². The number of hydrogen-bond acceptors (Lipinski definition) is 3. The average molecular weight is 287 g/mol. The Kier molecular flexibility index (Phi) is 4.06. The van der Waals surface area contributed by atoms with E-state index in [-0.39, 0.29) is 36.3 Å². The lowest BCUT2D eigenvalue weighted by Crippen LogP contribution is -2.30. The Bertz CT molecular complexity index is 498. The summed E-state index contributed by atoms with van der Waals surface area (Å²) in [7, 11) is 0. The zero-order chi connectivity index (χ0) is 14.8. The number of hydrogen-bond donors (Lipinski definition) is 3. The van der Waals surface area contributed by atoms with Crippen LogP contribution < -0.4 is 16.4 Å². The molecule has 2 rings (SSSR count). The van der Waals surface area contributed by atoms with Gasteiger partial charge in [0.05, 0.1) is 5.56 Å². The van der Waals surface area contributed by atoms with Gasteiger partial charge in [0.15, 0.2) is 0 Å². The lowest BCUT2D eigenvalue weighted by Gasteiger charge is -2.15. The maximum atomic E-state index is 12.8. The SMILES string of the molecule is Nc1ccc(NCCNC(=O)C2CC2)c(C(F)(F)F)c1. The maximum Gasteiger partial charge on any atom is 0.418 e. The van der Waals surface area contributed by atoms with Crippen molar-refractivity contribution in [3.8, 4) is 0 Å². The minimum absolute atomic E-state index is 0.0276. The van der Waals surface area contributed by atoms with Gasteiger partial charge in [-0.25, -0.2) is 0 Å². The third-order valence-electron chi connectivity index (χ3n) is 3.04. The zero-order valence-corrected chi connectivity index (χ0v) is 10.8. The largest absolute Gasteiger partial charge is 0.418 e. The molecular weight excluding hydrogens is 271 g/mol. The summed E-state index contributed by atoms with van der Waals surface area (Å²) in [4.78, 5) is 11.4. The zero-order valence-electron chi connectivity index (χ0n) is 10.8. The monoisotopic (exact) mass is 287 g/mol. The van der Waals surface area contributed by atoms with Gasteiger partial charge >= 0.3 is 6.18 Å². The summed E-state index contributed by atoms with van der Waals surface area (Å²) in [6, 6.07) is 3.59. The highest BCUT2D eigenvalue weighted by Gasteiger charge is 2.33. The third-order valence-corrected chi connectivity index (χ3v) is 3.04. The van der Waals surface area contributed by atoms with E-state index in [1.807, 2.05) is 0 Å². The van der Waals surface area contributed by atoms with Crippen molar-refractivity contribution in [2.45, 2.75) is 19.0 Å². The number of halogens is 3. The summed E-state index contributed by atoms with van der Waals surface area (Å²) in [5, 5.41) is 5.35. The fraction of sp³-hybridized carbons (Fsp3) is 0.462. The quantitative estimate of drug-likeness (QED) is 0.574. The molecule has 110 valence electrons. The Hall–Kier alpha value is -1.92. The van der Waals surface area contributed by atoms with Crippen LogP contribution in [0.4, 0.5) is 24.5 Å². The first kappa shape index (κ1) is 14.5. The molecule has 1 fully saturated rings. The second kappa shape index (κ2) is 5.60. The topological polar surface area (TPSA) is 67.2 Å². The molecule has 20 heavy (non-hydrogen) atoms. The average Bonchev–Trinajstić information content (AvgIpc) is 3.18. The predicted molar refractivity (Wildman–Crippen MR) is 70.1 cm³/mol. The van der Waals surface area contributed by atoms with Crippen LogP contribution in [-0.4, -0.2) is 19.0 Å². The molecule has 0 aromatic heterocycles. The summed E-state index contributed by atoms with van der Waals surface area (Å²) in [5.41, 5.74) is 4.60. The third kappa shape index (κ3) is 3.79. The molecule has 4 nitrogen and oxygen atoms in total. The fourth-order valence-corrected chi connectivity index (χ4v) is 1.82. The Labute approximate surface area is 114 Å². The molecule has 0 bridgehead atoms. The van der Waals surface area contributed by atoms with Gasteiger partial charge in [-0.1, -0.05) is 0 Å². The van der Waals surface area contributed by atoms with E-state index in [2.05, 4.69) is 10.6 Å². The number of rotatable bonds is 5. The van der Waals surface area contributed by atoms with Crippen LogP contribution in [-0.2, 0) is 11.0 Å². The molecule has 1 aliphatic rings. The number of nitrogen functional groups attached to an aromatic ring is 1. The van der Waals surface area contributed by atoms with Crippen LogP contribution in [0.1, 0.15) is 18.4 Å². The van der Waals surface area contributed by atoms with Gasteiger partial charge in [-0.3, -0.25) is 4.79 Å². The summed E-state index contributed by atoms with van der Waals surface area (Å²) in [5.74, 6) is 0.0670. The first-order chi connectivity index (χ1) is 9.38. The van der Waals surface area contributed by atoms with Crippen molar-refractivity contribution < 1.29 is 18.0 Å². The van der Waals surface area contributed by atoms with E-state index in [9.17, 15) is 18.0 Å². The van der Waals surface area contributed by atoms with Crippen LogP contribution in [0.5, 0.6) is 0 Å². The van der Waals surface area contributed by atoms with Crippen LogP contribution in [0.2, 0.25) is 0 Å². The van der Waals surface area contributed by atoms with E-state index in [1.54, 1.807) is 0 Å². The van der Waals surface area contributed by atoms with E-state index < -0.39 is 11.7 Å². The predicted octanol–water partition coefficient (Wildman–Crippen LogP) is 2.23. The summed E-state index contributed by atoms with van der Waals surface area (Å²) in [6.07, 6.45) is -2.67. The van der Waals surface area contributed by atoms with Crippen LogP contribution in [0.3, 0.4) is 0 Å². The molecule has 0 radical (unpaired) electrons. The van der Waals surface area contributed by atoms with Gasteiger partial charge in [0, 0.05) is 30.4 Å². The van der Waals surface area contributed by atoms with Crippen LogP contribution in [0.25, 0.3) is 0 Å². The number of alkyl halides is 3. The van der Waals surface area contributed by atoms with E-state index in [0.29, 0.717) is 0 Å². The normalized spacial score (nSPS) is 14.9. The molecule has 0 saturated heterocycles. The number of anilines is 2. The first-order valence-corrected chi connectivity index (χ1v) is 6.36. The van der Waals surface area contributed by atoms with Gasteiger partial charge in [-0.2, -0.15) is 13.2 Å². The Morgan fingerprint density at radius 2 is 2.00 bits per heavy atom. The van der Waals surface area contributed by atoms with E-state index in [0.717, 1.165) is 18.9 Å². The number of carbonyl (C=O) groups excluding carboxylic acids is 1. The molecular formula is C13H16F3N3O. The Morgan fingerprint density at radius 3 is 2.60 bits per heavy atom. The molecule has 4 N–H and O–H groups in total. The van der Waals surface area contributed by atoms with Crippen molar-refractivity contribution in [3.63, 3.8) is 0 Å². The van der Waals surface area contributed by atoms with Crippen LogP contribution in [0, 0.1) is 5.92 Å². The van der Waals surface area contributed by atoms with Crippen molar-refractivity contribution in [2.24, 2.45) is 5.92 Å². The lowest BCUT2D eigenvalue weighted by atomic mass is 10.1. The highest BCUT2D eigenvalue weighted by molar-refractivity contribution is 5.80. The molecule has 1 aromatic carbocycles. The van der Waals surface area contributed by atoms with Gasteiger partial charge in [0.25, 0.3) is 0 Å². The standard InChI is InChI=1S/C13H16F3N3O/c14-13(15,16)10-7-9(17)3-4-11(10)18-5-6-19-12(20)8-1-2-8/h3-4,7-8,18H,1-2,5-6,17H2,(H,19,20). The van der Waals surface area contributed by atoms with Gasteiger partial charge in [-0.05, 0) is 31.0 Å². The summed E-state index contributed by atoms with van der Waals surface area (Å²) >= 11 is 0. The van der Waals surface area contributed by atoms with Gasteiger partial charge in [0.2, 0.25) is 5.91 Å². The van der Waals surface area contributed by atoms with E-state index in [4.69, 9.17) is 5.73 Å². The second-order valence-corrected chi connectivity index (χ2v) is 4.79. The molecule has 0 atom stereocenters. The first-order valence-electron chi connectivity index (χ1n) is 6.36. The molecule has 0 heterocycles. The number of carbonyl (C=O) groups is 1. The molecule has 0 aliphatic heterocycles. The van der Waals surface area contributed by atoms with E-state index in [1.165, 1.54) is 12.1 Å². The maximum absolute atomic E-state index is 12.8. The minimum atomic E-state index is -4.46. The molecule has 7 heteroatoms.